The molecule has 0 fully saturated rings. The van der Waals surface area contributed by atoms with Gasteiger partial charge in [-0.3, -0.25) is 0 Å². The summed E-state index contributed by atoms with van der Waals surface area (Å²) >= 11 is 0. The zero-order valence-corrected chi connectivity index (χ0v) is 6.92. The molecule has 0 amide bonds. The minimum atomic E-state index is 0. The molecule has 0 saturated carbocycles. The molecule has 0 rings (SSSR count). The summed E-state index contributed by atoms with van der Waals surface area (Å²) in [7, 11) is 0. The summed E-state index contributed by atoms with van der Waals surface area (Å²) in [6, 6.07) is 0. The largest absolute Gasteiger partial charge is 0.396 e. The van der Waals surface area contributed by atoms with Crippen LogP contribution in [0.1, 0.15) is 26.2 Å². The van der Waals surface area contributed by atoms with Crippen LogP contribution in [0.2, 0.25) is 0 Å². The average molecular weight is 181 g/mol. The molecule has 0 aromatic rings. The van der Waals surface area contributed by atoms with Crippen molar-refractivity contribution in [2.45, 2.75) is 26.2 Å². The van der Waals surface area contributed by atoms with E-state index in [0.717, 1.165) is 12.8 Å². The first-order valence-electron chi connectivity index (χ1n) is 2.52. The second kappa shape index (κ2) is 9.85. The van der Waals surface area contributed by atoms with Crippen molar-refractivity contribution >= 4 is 0 Å². The van der Waals surface area contributed by atoms with Crippen LogP contribution >= 0.6 is 0 Å². The third-order valence-corrected chi connectivity index (χ3v) is 0.762. The minimum Gasteiger partial charge on any atom is -0.396 e. The Morgan fingerprint density at radius 3 is 2.00 bits per heavy atom. The van der Waals surface area contributed by atoms with Crippen LogP contribution in [0.5, 0.6) is 0 Å². The molecule has 0 aliphatic heterocycles. The van der Waals surface area contributed by atoms with E-state index in [4.69, 9.17) is 5.11 Å². The van der Waals surface area contributed by atoms with Crippen molar-refractivity contribution in [3.05, 3.63) is 0 Å². The first kappa shape index (κ1) is 10.6. The summed E-state index contributed by atoms with van der Waals surface area (Å²) in [5.74, 6) is 0. The van der Waals surface area contributed by atoms with Gasteiger partial charge in [0, 0.05) is 29.0 Å². The van der Waals surface area contributed by atoms with Crippen molar-refractivity contribution < 1.29 is 27.5 Å². The zero-order chi connectivity index (χ0) is 4.83. The Kier molecular flexibility index (Phi) is 15.0. The topological polar surface area (TPSA) is 20.2 Å². The van der Waals surface area contributed by atoms with Gasteiger partial charge in [-0.2, -0.15) is 0 Å². The standard InChI is InChI=1S/C5H12O.Nb/c1-2-3-4-5-6;/h6H,2-5H2,1H3;. The molecule has 0 unspecified atom stereocenters. The van der Waals surface area contributed by atoms with Gasteiger partial charge in [0.1, 0.15) is 0 Å². The summed E-state index contributed by atoms with van der Waals surface area (Å²) in [4.78, 5) is 0. The maximum Gasteiger partial charge on any atom is 0.0431 e. The van der Waals surface area contributed by atoms with Crippen LogP contribution in [0.4, 0.5) is 0 Å². The Balaban J connectivity index is 0. The van der Waals surface area contributed by atoms with Crippen LogP contribution < -0.4 is 0 Å². The van der Waals surface area contributed by atoms with E-state index in [1.54, 1.807) is 0 Å². The number of rotatable bonds is 3. The number of unbranched alkanes of at least 4 members (excludes halogenated alkanes) is 2. The Morgan fingerprint density at radius 2 is 1.86 bits per heavy atom. The first-order chi connectivity index (χ1) is 2.91. The number of hydrogen-bond acceptors (Lipinski definition) is 1. The molecule has 0 spiro atoms. The fourth-order valence-corrected chi connectivity index (χ4v) is 0.362. The minimum absolute atomic E-state index is 0. The van der Waals surface area contributed by atoms with Gasteiger partial charge in [-0.15, -0.1) is 0 Å². The predicted molar refractivity (Wildman–Crippen MR) is 26.6 cm³/mol. The third kappa shape index (κ3) is 10.8. The summed E-state index contributed by atoms with van der Waals surface area (Å²) < 4.78 is 0. The SMILES string of the molecule is CCCCCO.[Nb]. The van der Waals surface area contributed by atoms with Gasteiger partial charge in [0.25, 0.3) is 0 Å². The summed E-state index contributed by atoms with van der Waals surface area (Å²) in [5, 5.41) is 8.20. The molecule has 43 valence electrons. The van der Waals surface area contributed by atoms with Gasteiger partial charge in [-0.1, -0.05) is 19.8 Å². The zero-order valence-electron chi connectivity index (χ0n) is 4.72. The van der Waals surface area contributed by atoms with Crippen LogP contribution in [0.25, 0.3) is 0 Å². The van der Waals surface area contributed by atoms with E-state index in [1.165, 1.54) is 6.42 Å². The number of aliphatic hydroxyl groups excluding tert-OH is 1. The van der Waals surface area contributed by atoms with E-state index in [-0.39, 0.29) is 22.4 Å². The fraction of sp³-hybridized carbons (Fsp3) is 1.00. The summed E-state index contributed by atoms with van der Waals surface area (Å²) in [6.07, 6.45) is 3.33. The van der Waals surface area contributed by atoms with Crippen molar-refractivity contribution in [3.63, 3.8) is 0 Å². The van der Waals surface area contributed by atoms with Crippen LogP contribution in [0.15, 0.2) is 0 Å². The van der Waals surface area contributed by atoms with Crippen molar-refractivity contribution in [2.75, 3.05) is 6.61 Å². The molecule has 1 N–H and O–H groups in total. The molecule has 0 heterocycles. The Hall–Kier alpha value is 0.700. The molecule has 0 atom stereocenters. The molecule has 2 heteroatoms. The summed E-state index contributed by atoms with van der Waals surface area (Å²) in [6.45, 7) is 2.48. The second-order valence-corrected chi connectivity index (χ2v) is 1.43. The van der Waals surface area contributed by atoms with Crippen molar-refractivity contribution in [1.29, 1.82) is 0 Å². The average Bonchev–Trinajstić information content (AvgIpc) is 1.61. The normalized spacial score (nSPS) is 7.71. The van der Waals surface area contributed by atoms with Crippen LogP contribution in [-0.2, 0) is 22.4 Å². The van der Waals surface area contributed by atoms with Crippen molar-refractivity contribution in [1.82, 2.24) is 0 Å². The van der Waals surface area contributed by atoms with E-state index in [1.807, 2.05) is 0 Å². The fourth-order valence-electron chi connectivity index (χ4n) is 0.362. The van der Waals surface area contributed by atoms with E-state index < -0.39 is 0 Å². The first-order valence-corrected chi connectivity index (χ1v) is 2.52. The Morgan fingerprint density at radius 1 is 1.29 bits per heavy atom. The molecule has 0 aromatic heterocycles. The van der Waals surface area contributed by atoms with Gasteiger partial charge < -0.3 is 5.11 Å². The molecule has 1 radical (unpaired) electrons. The predicted octanol–water partition coefficient (Wildman–Crippen LogP) is 1.17. The maximum atomic E-state index is 8.20. The van der Waals surface area contributed by atoms with Gasteiger partial charge in [0.05, 0.1) is 0 Å². The van der Waals surface area contributed by atoms with E-state index in [9.17, 15) is 0 Å². The van der Waals surface area contributed by atoms with Gasteiger partial charge in [0.15, 0.2) is 0 Å². The molecule has 0 aliphatic rings. The van der Waals surface area contributed by atoms with Crippen molar-refractivity contribution in [2.24, 2.45) is 0 Å². The molecule has 0 aromatic carbocycles. The second-order valence-electron chi connectivity index (χ2n) is 1.43. The quantitative estimate of drug-likeness (QED) is 0.511. The van der Waals surface area contributed by atoms with Gasteiger partial charge in [-0.05, 0) is 6.42 Å². The van der Waals surface area contributed by atoms with Crippen LogP contribution in [0.3, 0.4) is 0 Å². The van der Waals surface area contributed by atoms with Gasteiger partial charge in [0.2, 0.25) is 0 Å². The van der Waals surface area contributed by atoms with E-state index in [0.29, 0.717) is 6.61 Å². The van der Waals surface area contributed by atoms with Gasteiger partial charge >= 0.3 is 0 Å². The molecule has 0 bridgehead atoms. The Labute approximate surface area is 60.6 Å². The van der Waals surface area contributed by atoms with E-state index in [2.05, 4.69) is 6.92 Å². The molecule has 0 saturated heterocycles. The third-order valence-electron chi connectivity index (χ3n) is 0.762. The smallest absolute Gasteiger partial charge is 0.0431 e. The molecular formula is C5H12NbO. The van der Waals surface area contributed by atoms with Gasteiger partial charge in [-0.25, -0.2) is 0 Å². The molecule has 7 heavy (non-hydrogen) atoms. The molecule has 0 aliphatic carbocycles. The molecule has 1 nitrogen and oxygen atoms in total. The van der Waals surface area contributed by atoms with Crippen LogP contribution in [-0.4, -0.2) is 11.7 Å². The maximum absolute atomic E-state index is 8.20. The Bertz CT molecular complexity index is 20.0. The molecular weight excluding hydrogens is 169 g/mol. The van der Waals surface area contributed by atoms with Crippen molar-refractivity contribution in [3.8, 4) is 0 Å². The van der Waals surface area contributed by atoms with Crippen LogP contribution in [0, 0.1) is 0 Å². The number of aliphatic hydroxyl groups is 1. The monoisotopic (exact) mass is 181 g/mol. The summed E-state index contributed by atoms with van der Waals surface area (Å²) in [5.41, 5.74) is 0. The van der Waals surface area contributed by atoms with E-state index >= 15 is 0 Å². The number of hydrogen-bond donors (Lipinski definition) is 1.